The minimum atomic E-state index is -0.429. The number of amides is 1. The maximum atomic E-state index is 12.7. The lowest BCUT2D eigenvalue weighted by Crippen LogP contribution is -2.37. The normalized spacial score (nSPS) is 14.9. The topological polar surface area (TPSA) is 50.4 Å². The third-order valence-electron chi connectivity index (χ3n) is 4.38. The molecule has 1 fully saturated rings. The second-order valence-electron chi connectivity index (χ2n) is 7.31. The van der Waals surface area contributed by atoms with Crippen molar-refractivity contribution in [2.45, 2.75) is 45.4 Å². The van der Waals surface area contributed by atoms with Crippen molar-refractivity contribution >= 4 is 11.6 Å². The van der Waals surface area contributed by atoms with Crippen LogP contribution in [-0.4, -0.2) is 18.6 Å². The molecule has 26 heavy (non-hydrogen) atoms. The van der Waals surface area contributed by atoms with Crippen molar-refractivity contribution < 1.29 is 9.53 Å². The van der Waals surface area contributed by atoms with Crippen LogP contribution in [0.3, 0.4) is 0 Å². The molecule has 1 aliphatic carbocycles. The van der Waals surface area contributed by atoms with Crippen molar-refractivity contribution in [1.82, 2.24) is 5.32 Å². The quantitative estimate of drug-likeness (QED) is 0.708. The molecule has 1 aliphatic rings. The van der Waals surface area contributed by atoms with Crippen LogP contribution >= 0.6 is 0 Å². The van der Waals surface area contributed by atoms with Crippen molar-refractivity contribution in [2.24, 2.45) is 5.92 Å². The molecule has 0 radical (unpaired) electrons. The van der Waals surface area contributed by atoms with E-state index in [1.807, 2.05) is 56.3 Å². The Balaban J connectivity index is 1.70. The summed E-state index contributed by atoms with van der Waals surface area (Å²) in [5, 5.41) is 6.39. The van der Waals surface area contributed by atoms with E-state index in [9.17, 15) is 4.79 Å². The highest BCUT2D eigenvalue weighted by Crippen LogP contribution is 2.29. The van der Waals surface area contributed by atoms with Crippen LogP contribution in [0.1, 0.15) is 43.9 Å². The number of carbonyl (C=O) groups is 1. The summed E-state index contributed by atoms with van der Waals surface area (Å²) in [6.45, 7) is 5.40. The van der Waals surface area contributed by atoms with E-state index in [1.54, 1.807) is 0 Å². The number of carbonyl (C=O) groups excluding carboxylic acids is 1. The first-order chi connectivity index (χ1) is 12.6. The summed E-state index contributed by atoms with van der Waals surface area (Å²) >= 11 is 0. The van der Waals surface area contributed by atoms with Gasteiger partial charge in [0.25, 0.3) is 0 Å². The van der Waals surface area contributed by atoms with Crippen LogP contribution in [0.15, 0.2) is 54.6 Å². The van der Waals surface area contributed by atoms with Gasteiger partial charge in [0.05, 0.1) is 6.61 Å². The molecule has 1 saturated carbocycles. The van der Waals surface area contributed by atoms with Crippen LogP contribution in [0, 0.1) is 5.92 Å². The molecule has 2 aromatic carbocycles. The van der Waals surface area contributed by atoms with Gasteiger partial charge in [-0.15, -0.1) is 0 Å². The lowest BCUT2D eigenvalue weighted by atomic mass is 10.0. The van der Waals surface area contributed by atoms with Gasteiger partial charge < -0.3 is 15.4 Å². The van der Waals surface area contributed by atoms with Crippen LogP contribution in [0.5, 0.6) is 0 Å². The van der Waals surface area contributed by atoms with Gasteiger partial charge in [-0.25, -0.2) is 0 Å². The van der Waals surface area contributed by atoms with E-state index < -0.39 is 6.04 Å². The van der Waals surface area contributed by atoms with E-state index in [1.165, 1.54) is 12.8 Å². The van der Waals surface area contributed by atoms with Crippen LogP contribution in [-0.2, 0) is 16.1 Å². The van der Waals surface area contributed by atoms with E-state index in [2.05, 4.69) is 22.8 Å². The molecule has 0 aromatic heterocycles. The van der Waals surface area contributed by atoms with Crippen LogP contribution < -0.4 is 10.6 Å². The molecule has 3 rings (SSSR count). The first-order valence-electron chi connectivity index (χ1n) is 9.40. The van der Waals surface area contributed by atoms with E-state index in [4.69, 9.17) is 4.74 Å². The van der Waals surface area contributed by atoms with Crippen LogP contribution in [0.25, 0.3) is 0 Å². The average Bonchev–Trinajstić information content (AvgIpc) is 3.44. The minimum absolute atomic E-state index is 0.0263. The van der Waals surface area contributed by atoms with Gasteiger partial charge in [-0.3, -0.25) is 4.79 Å². The molecule has 4 nitrogen and oxygen atoms in total. The van der Waals surface area contributed by atoms with Crippen molar-refractivity contribution in [3.63, 3.8) is 0 Å². The third-order valence-corrected chi connectivity index (χ3v) is 4.38. The highest BCUT2D eigenvalue weighted by Gasteiger charge is 2.22. The highest BCUT2D eigenvalue weighted by molar-refractivity contribution is 5.86. The molecule has 4 heteroatoms. The molecule has 0 spiro atoms. The Bertz CT molecular complexity index is 711. The molecule has 0 saturated heterocycles. The monoisotopic (exact) mass is 352 g/mol. The smallest absolute Gasteiger partial charge is 0.247 e. The van der Waals surface area contributed by atoms with E-state index in [0.29, 0.717) is 6.61 Å². The lowest BCUT2D eigenvalue weighted by Gasteiger charge is -2.21. The van der Waals surface area contributed by atoms with E-state index in [0.717, 1.165) is 29.3 Å². The summed E-state index contributed by atoms with van der Waals surface area (Å²) in [7, 11) is 0. The predicted octanol–water partition coefficient (Wildman–Crippen LogP) is 4.29. The van der Waals surface area contributed by atoms with Gasteiger partial charge in [0.15, 0.2) is 0 Å². The van der Waals surface area contributed by atoms with Gasteiger partial charge in [0, 0.05) is 18.3 Å². The van der Waals surface area contributed by atoms with Gasteiger partial charge >= 0.3 is 0 Å². The number of hydrogen-bond donors (Lipinski definition) is 2. The Morgan fingerprint density at radius 1 is 1.12 bits per heavy atom. The average molecular weight is 352 g/mol. The van der Waals surface area contributed by atoms with Gasteiger partial charge in [-0.1, -0.05) is 42.5 Å². The largest absolute Gasteiger partial charge is 0.376 e. The Morgan fingerprint density at radius 2 is 1.88 bits per heavy atom. The first-order valence-corrected chi connectivity index (χ1v) is 9.40. The summed E-state index contributed by atoms with van der Waals surface area (Å²) in [5.74, 6) is 0.736. The number of nitrogens with one attached hydrogen (secondary N) is 2. The SMILES string of the molecule is CC(C)NC(=O)C(Nc1cccc(COCC2CC2)c1)c1ccccc1. The van der Waals surface area contributed by atoms with E-state index >= 15 is 0 Å². The van der Waals surface area contributed by atoms with Crippen molar-refractivity contribution in [2.75, 3.05) is 11.9 Å². The third kappa shape index (κ3) is 5.60. The van der Waals surface area contributed by atoms with Gasteiger partial charge in [-0.05, 0) is 55.9 Å². The zero-order chi connectivity index (χ0) is 18.4. The fraction of sp³-hybridized carbons (Fsp3) is 0.409. The lowest BCUT2D eigenvalue weighted by molar-refractivity contribution is -0.122. The Hall–Kier alpha value is -2.33. The minimum Gasteiger partial charge on any atom is -0.376 e. The Labute approximate surface area is 156 Å². The molecule has 1 amide bonds. The fourth-order valence-electron chi connectivity index (χ4n) is 2.86. The number of hydrogen-bond acceptors (Lipinski definition) is 3. The van der Waals surface area contributed by atoms with Gasteiger partial charge in [0.2, 0.25) is 5.91 Å². The number of benzene rings is 2. The fourth-order valence-corrected chi connectivity index (χ4v) is 2.86. The molecule has 0 heterocycles. The van der Waals surface area contributed by atoms with Crippen molar-refractivity contribution in [3.05, 3.63) is 65.7 Å². The maximum absolute atomic E-state index is 12.7. The van der Waals surface area contributed by atoms with Gasteiger partial charge in [0.1, 0.15) is 6.04 Å². The van der Waals surface area contributed by atoms with Crippen LogP contribution in [0.2, 0.25) is 0 Å². The zero-order valence-electron chi connectivity index (χ0n) is 15.6. The second kappa shape index (κ2) is 8.86. The van der Waals surface area contributed by atoms with Crippen molar-refractivity contribution in [1.29, 1.82) is 0 Å². The summed E-state index contributed by atoms with van der Waals surface area (Å²) in [6, 6.07) is 17.6. The summed E-state index contributed by atoms with van der Waals surface area (Å²) in [5.41, 5.74) is 2.98. The Morgan fingerprint density at radius 3 is 2.58 bits per heavy atom. The molecular weight excluding hydrogens is 324 g/mol. The van der Waals surface area contributed by atoms with E-state index in [-0.39, 0.29) is 11.9 Å². The number of anilines is 1. The molecule has 0 bridgehead atoms. The first kappa shape index (κ1) is 18.5. The molecule has 138 valence electrons. The number of rotatable bonds is 9. The zero-order valence-corrected chi connectivity index (χ0v) is 15.6. The number of ether oxygens (including phenoxy) is 1. The molecule has 1 unspecified atom stereocenters. The predicted molar refractivity (Wildman–Crippen MR) is 105 cm³/mol. The Kier molecular flexibility index (Phi) is 6.29. The summed E-state index contributed by atoms with van der Waals surface area (Å²) in [4.78, 5) is 12.7. The molecule has 2 aromatic rings. The maximum Gasteiger partial charge on any atom is 0.247 e. The molecule has 2 N–H and O–H groups in total. The van der Waals surface area contributed by atoms with Crippen LogP contribution in [0.4, 0.5) is 5.69 Å². The molecule has 1 atom stereocenters. The summed E-state index contributed by atoms with van der Waals surface area (Å²) < 4.78 is 5.78. The highest BCUT2D eigenvalue weighted by atomic mass is 16.5. The molecular formula is C22H28N2O2. The van der Waals surface area contributed by atoms with Gasteiger partial charge in [-0.2, -0.15) is 0 Å². The van der Waals surface area contributed by atoms with Crippen molar-refractivity contribution in [3.8, 4) is 0 Å². The summed E-state index contributed by atoms with van der Waals surface area (Å²) in [6.07, 6.45) is 2.59. The second-order valence-corrected chi connectivity index (χ2v) is 7.31. The molecule has 0 aliphatic heterocycles. The standard InChI is InChI=1S/C22H28N2O2/c1-16(2)23-22(25)21(19-8-4-3-5-9-19)24-20-10-6-7-18(13-20)15-26-14-17-11-12-17/h3-10,13,16-17,21,24H,11-12,14-15H2,1-2H3,(H,23,25).